The van der Waals surface area contributed by atoms with Gasteiger partial charge in [-0.05, 0) is 51.0 Å². The minimum Gasteiger partial charge on any atom is -0.353 e. The van der Waals surface area contributed by atoms with Crippen LogP contribution < -0.4 is 4.90 Å². The number of amides is 1. The van der Waals surface area contributed by atoms with E-state index < -0.39 is 0 Å². The Kier molecular flexibility index (Phi) is 4.93. The van der Waals surface area contributed by atoms with Crippen molar-refractivity contribution in [1.82, 2.24) is 14.8 Å². The monoisotopic (exact) mass is 302 g/mol. The van der Waals surface area contributed by atoms with E-state index in [0.717, 1.165) is 64.3 Å². The number of hydrogen-bond acceptors (Lipinski definition) is 4. The van der Waals surface area contributed by atoms with Gasteiger partial charge in [0, 0.05) is 38.8 Å². The van der Waals surface area contributed by atoms with E-state index in [1.807, 2.05) is 29.3 Å². The summed E-state index contributed by atoms with van der Waals surface area (Å²) in [5.74, 6) is 1.94. The number of carbonyl (C=O) groups is 1. The summed E-state index contributed by atoms with van der Waals surface area (Å²) in [6.07, 6.45) is 4.89. The summed E-state index contributed by atoms with van der Waals surface area (Å²) in [6, 6.07) is 5.99. The molecule has 0 radical (unpaired) electrons. The first-order chi connectivity index (χ1) is 10.7. The van der Waals surface area contributed by atoms with Crippen LogP contribution in [-0.4, -0.2) is 67.0 Å². The zero-order valence-electron chi connectivity index (χ0n) is 13.4. The summed E-state index contributed by atoms with van der Waals surface area (Å²) in [5, 5.41) is 0. The van der Waals surface area contributed by atoms with Gasteiger partial charge in [-0.15, -0.1) is 0 Å². The lowest BCUT2D eigenvalue weighted by atomic mass is 9.93. The Morgan fingerprint density at radius 2 is 1.86 bits per heavy atom. The third-order valence-corrected chi connectivity index (χ3v) is 4.91. The van der Waals surface area contributed by atoms with E-state index in [1.165, 1.54) is 0 Å². The van der Waals surface area contributed by atoms with Crippen LogP contribution >= 0.6 is 0 Å². The number of aromatic nitrogens is 1. The quantitative estimate of drug-likeness (QED) is 0.847. The summed E-state index contributed by atoms with van der Waals surface area (Å²) in [5.41, 5.74) is 0. The Labute approximate surface area is 132 Å². The number of likely N-dealkylation sites (tertiary alicyclic amines) is 1. The molecule has 2 aliphatic heterocycles. The van der Waals surface area contributed by atoms with E-state index in [-0.39, 0.29) is 0 Å². The first-order valence-electron chi connectivity index (χ1n) is 8.34. The number of piperidine rings is 1. The molecule has 1 aromatic rings. The zero-order chi connectivity index (χ0) is 15.4. The minimum atomic E-state index is 0.343. The van der Waals surface area contributed by atoms with Gasteiger partial charge in [0.1, 0.15) is 5.82 Å². The first-order valence-corrected chi connectivity index (χ1v) is 8.34. The van der Waals surface area contributed by atoms with Crippen LogP contribution in [0.1, 0.15) is 19.3 Å². The molecule has 2 aliphatic rings. The highest BCUT2D eigenvalue weighted by atomic mass is 16.2. The number of nitrogens with zero attached hydrogens (tertiary/aromatic N) is 4. The Balaban J connectivity index is 1.46. The SMILES string of the molecule is CN1CCC(CC(=O)N2CCN(c3ccccn3)CC2)CC1. The molecule has 1 aromatic heterocycles. The third-order valence-electron chi connectivity index (χ3n) is 4.91. The van der Waals surface area contributed by atoms with Crippen LogP contribution in [-0.2, 0) is 4.79 Å². The average molecular weight is 302 g/mol. The number of pyridine rings is 1. The molecule has 120 valence electrons. The highest BCUT2D eigenvalue weighted by Crippen LogP contribution is 2.21. The topological polar surface area (TPSA) is 39.7 Å². The lowest BCUT2D eigenvalue weighted by molar-refractivity contribution is -0.132. The summed E-state index contributed by atoms with van der Waals surface area (Å²) in [4.78, 5) is 23.5. The molecule has 0 bridgehead atoms. The van der Waals surface area contributed by atoms with Crippen molar-refractivity contribution in [3.8, 4) is 0 Å². The maximum absolute atomic E-state index is 12.5. The Morgan fingerprint density at radius 1 is 1.14 bits per heavy atom. The lowest BCUT2D eigenvalue weighted by Crippen LogP contribution is -2.49. The Hall–Kier alpha value is -1.62. The molecule has 5 nitrogen and oxygen atoms in total. The fraction of sp³-hybridized carbons (Fsp3) is 0.647. The molecule has 0 aromatic carbocycles. The zero-order valence-corrected chi connectivity index (χ0v) is 13.4. The van der Waals surface area contributed by atoms with Crippen molar-refractivity contribution in [1.29, 1.82) is 0 Å². The van der Waals surface area contributed by atoms with Crippen molar-refractivity contribution in [3.05, 3.63) is 24.4 Å². The van der Waals surface area contributed by atoms with Gasteiger partial charge in [-0.2, -0.15) is 0 Å². The molecular weight excluding hydrogens is 276 g/mol. The van der Waals surface area contributed by atoms with Crippen LogP contribution in [0.3, 0.4) is 0 Å². The molecule has 2 saturated heterocycles. The van der Waals surface area contributed by atoms with Crippen LogP contribution in [0.4, 0.5) is 5.82 Å². The number of carbonyl (C=O) groups excluding carboxylic acids is 1. The van der Waals surface area contributed by atoms with Crippen molar-refractivity contribution in [3.63, 3.8) is 0 Å². The van der Waals surface area contributed by atoms with Gasteiger partial charge >= 0.3 is 0 Å². The molecule has 3 heterocycles. The lowest BCUT2D eigenvalue weighted by Gasteiger charge is -2.36. The normalized spacial score (nSPS) is 21.1. The molecular formula is C17H26N4O. The molecule has 0 N–H and O–H groups in total. The standard InChI is InChI=1S/C17H26N4O/c1-19-8-5-15(6-9-19)14-17(22)21-12-10-20(11-13-21)16-4-2-3-7-18-16/h2-4,7,15H,5-6,8-14H2,1H3. The first kappa shape index (κ1) is 15.3. The van der Waals surface area contributed by atoms with E-state index in [1.54, 1.807) is 0 Å². The fourth-order valence-electron chi connectivity index (χ4n) is 3.37. The molecule has 0 unspecified atom stereocenters. The van der Waals surface area contributed by atoms with Gasteiger partial charge in [-0.3, -0.25) is 4.79 Å². The van der Waals surface area contributed by atoms with Crippen molar-refractivity contribution in [2.45, 2.75) is 19.3 Å². The minimum absolute atomic E-state index is 0.343. The van der Waals surface area contributed by atoms with E-state index >= 15 is 0 Å². The predicted molar refractivity (Wildman–Crippen MR) is 87.9 cm³/mol. The van der Waals surface area contributed by atoms with Crippen molar-refractivity contribution in [2.24, 2.45) is 5.92 Å². The summed E-state index contributed by atoms with van der Waals surface area (Å²) >= 11 is 0. The molecule has 0 saturated carbocycles. The second-order valence-corrected chi connectivity index (χ2v) is 6.51. The van der Waals surface area contributed by atoms with Crippen LogP contribution in [0.2, 0.25) is 0 Å². The van der Waals surface area contributed by atoms with Gasteiger partial charge in [0.05, 0.1) is 0 Å². The van der Waals surface area contributed by atoms with Crippen molar-refractivity contribution < 1.29 is 4.79 Å². The van der Waals surface area contributed by atoms with E-state index in [0.29, 0.717) is 11.8 Å². The predicted octanol–water partition coefficient (Wildman–Crippen LogP) is 1.46. The summed E-state index contributed by atoms with van der Waals surface area (Å²) in [6.45, 7) is 5.67. The maximum Gasteiger partial charge on any atom is 0.222 e. The molecule has 5 heteroatoms. The molecule has 0 aliphatic carbocycles. The highest BCUT2D eigenvalue weighted by molar-refractivity contribution is 5.76. The van der Waals surface area contributed by atoms with Gasteiger partial charge in [0.25, 0.3) is 0 Å². The van der Waals surface area contributed by atoms with Crippen LogP contribution in [0, 0.1) is 5.92 Å². The Morgan fingerprint density at radius 3 is 2.50 bits per heavy atom. The fourth-order valence-corrected chi connectivity index (χ4v) is 3.37. The number of hydrogen-bond donors (Lipinski definition) is 0. The van der Waals surface area contributed by atoms with Crippen LogP contribution in [0.25, 0.3) is 0 Å². The van der Waals surface area contributed by atoms with Gasteiger partial charge in [-0.1, -0.05) is 6.07 Å². The largest absolute Gasteiger partial charge is 0.353 e. The van der Waals surface area contributed by atoms with E-state index in [4.69, 9.17) is 0 Å². The van der Waals surface area contributed by atoms with Crippen molar-refractivity contribution in [2.75, 3.05) is 51.2 Å². The van der Waals surface area contributed by atoms with Crippen LogP contribution in [0.15, 0.2) is 24.4 Å². The Bertz CT molecular complexity index is 477. The maximum atomic E-state index is 12.5. The molecule has 2 fully saturated rings. The molecule has 22 heavy (non-hydrogen) atoms. The van der Waals surface area contributed by atoms with Gasteiger partial charge < -0.3 is 14.7 Å². The summed E-state index contributed by atoms with van der Waals surface area (Å²) < 4.78 is 0. The number of piperazine rings is 1. The number of anilines is 1. The van der Waals surface area contributed by atoms with E-state index in [2.05, 4.69) is 21.8 Å². The molecule has 1 amide bonds. The molecule has 0 spiro atoms. The average Bonchev–Trinajstić information content (AvgIpc) is 2.58. The third kappa shape index (κ3) is 3.77. The molecule has 0 atom stereocenters. The second-order valence-electron chi connectivity index (χ2n) is 6.51. The van der Waals surface area contributed by atoms with Crippen LogP contribution in [0.5, 0.6) is 0 Å². The summed E-state index contributed by atoms with van der Waals surface area (Å²) in [7, 11) is 2.16. The van der Waals surface area contributed by atoms with Crippen molar-refractivity contribution >= 4 is 11.7 Å². The smallest absolute Gasteiger partial charge is 0.222 e. The highest BCUT2D eigenvalue weighted by Gasteiger charge is 2.25. The van der Waals surface area contributed by atoms with Gasteiger partial charge in [0.2, 0.25) is 5.91 Å². The van der Waals surface area contributed by atoms with Gasteiger partial charge in [0.15, 0.2) is 0 Å². The molecule has 3 rings (SSSR count). The van der Waals surface area contributed by atoms with E-state index in [9.17, 15) is 4.79 Å². The second kappa shape index (κ2) is 7.09. The van der Waals surface area contributed by atoms with Gasteiger partial charge in [-0.25, -0.2) is 4.98 Å². The number of rotatable bonds is 3.